The van der Waals surface area contributed by atoms with Gasteiger partial charge in [0.2, 0.25) is 35.4 Å². The average Bonchev–Trinajstić information content (AvgIpc) is 3.27. The maximum Gasteiger partial charge on any atom is 0.245 e. The number of carbonyl (C=O) groups is 8. The van der Waals surface area contributed by atoms with Gasteiger partial charge in [0.15, 0.2) is 11.6 Å². The Labute approximate surface area is 398 Å². The van der Waals surface area contributed by atoms with Gasteiger partial charge in [-0.15, -0.1) is 0 Å². The molecule has 1 fully saturated rings. The first-order valence-electron chi connectivity index (χ1n) is 22.7. The van der Waals surface area contributed by atoms with E-state index in [-0.39, 0.29) is 36.5 Å². The Hall–Kier alpha value is -7.16. The van der Waals surface area contributed by atoms with E-state index in [1.165, 1.54) is 55.4 Å². The third kappa shape index (κ3) is 13.0. The molecule has 0 spiro atoms. The van der Waals surface area contributed by atoms with Crippen LogP contribution in [0.4, 0.5) is 0 Å². The summed E-state index contributed by atoms with van der Waals surface area (Å²) < 4.78 is 0. The van der Waals surface area contributed by atoms with Crippen molar-refractivity contribution in [2.24, 2.45) is 5.92 Å². The standard InChI is InChI=1S/C53H65N7O8/c1-31-41(29-34-21-25-38(26-22-34)43(62)37-18-13-12-14-19-37)56-49(68)53(10,11)59-45(64)33(3)54-47(66)51(6,7)58-44(63)32(2)55-48(67)52(8,9)60-46(65)40(30-42(61)50(4,5)57-31)28-35-23-24-36-17-15-16-20-39(36)27-35/h12-27,32-33,40-41,57H,1,28-30H2,2-11H3,(H,54,66)(H,55,67)(H,56,68)(H,58,63)(H,59,64)(H,60,65). The second-order valence-electron chi connectivity index (χ2n) is 19.8. The highest BCUT2D eigenvalue weighted by molar-refractivity contribution is 6.09. The van der Waals surface area contributed by atoms with E-state index >= 15 is 0 Å². The molecule has 1 aliphatic heterocycles. The molecular formula is C53H65N7O8. The van der Waals surface area contributed by atoms with Gasteiger partial charge in [0.25, 0.3) is 0 Å². The third-order valence-corrected chi connectivity index (χ3v) is 12.2. The topological polar surface area (TPSA) is 221 Å². The molecule has 4 aromatic carbocycles. The zero-order valence-corrected chi connectivity index (χ0v) is 40.6. The Balaban J connectivity index is 1.51. The van der Waals surface area contributed by atoms with Crippen molar-refractivity contribution in [1.82, 2.24) is 37.2 Å². The molecule has 15 heteroatoms. The van der Waals surface area contributed by atoms with Gasteiger partial charge in [0, 0.05) is 29.2 Å². The molecule has 0 aromatic heterocycles. The maximum absolute atomic E-state index is 14.5. The van der Waals surface area contributed by atoms with Crippen LogP contribution in [0.5, 0.6) is 0 Å². The molecule has 4 atom stereocenters. The van der Waals surface area contributed by atoms with Crippen LogP contribution >= 0.6 is 0 Å². The fourth-order valence-electron chi connectivity index (χ4n) is 7.63. The van der Waals surface area contributed by atoms with Crippen LogP contribution in [0.3, 0.4) is 0 Å². The molecule has 0 bridgehead atoms. The number of amides is 6. The first-order valence-corrected chi connectivity index (χ1v) is 22.7. The average molecular weight is 928 g/mol. The third-order valence-electron chi connectivity index (χ3n) is 12.2. The summed E-state index contributed by atoms with van der Waals surface area (Å²) in [5.74, 6) is -5.54. The highest BCUT2D eigenvalue weighted by atomic mass is 16.2. The number of carbonyl (C=O) groups excluding carboxylic acids is 8. The van der Waals surface area contributed by atoms with Crippen LogP contribution in [0, 0.1) is 5.92 Å². The molecule has 1 aliphatic rings. The van der Waals surface area contributed by atoms with Gasteiger partial charge in [-0.25, -0.2) is 0 Å². The van der Waals surface area contributed by atoms with Crippen molar-refractivity contribution in [3.63, 3.8) is 0 Å². The minimum absolute atomic E-state index is 0.133. The summed E-state index contributed by atoms with van der Waals surface area (Å²) in [4.78, 5) is 111. The fourth-order valence-corrected chi connectivity index (χ4v) is 7.63. The molecule has 1 heterocycles. The lowest BCUT2D eigenvalue weighted by molar-refractivity contribution is -0.139. The number of ketones is 2. The Kier molecular flexibility index (Phi) is 15.8. The van der Waals surface area contributed by atoms with Gasteiger partial charge in [0.05, 0.1) is 11.6 Å². The smallest absolute Gasteiger partial charge is 0.245 e. The molecule has 1 saturated heterocycles. The number of hydrogen-bond donors (Lipinski definition) is 7. The summed E-state index contributed by atoms with van der Waals surface area (Å²) >= 11 is 0. The predicted octanol–water partition coefficient (Wildman–Crippen LogP) is 4.51. The molecule has 6 amide bonds. The lowest BCUT2D eigenvalue weighted by Crippen LogP contribution is -2.64. The zero-order valence-electron chi connectivity index (χ0n) is 40.6. The maximum atomic E-state index is 14.5. The second kappa shape index (κ2) is 20.8. The predicted molar refractivity (Wildman–Crippen MR) is 261 cm³/mol. The van der Waals surface area contributed by atoms with E-state index in [1.807, 2.05) is 48.5 Å². The van der Waals surface area contributed by atoms with E-state index in [0.29, 0.717) is 16.7 Å². The normalized spacial score (nSPS) is 23.0. The Morgan fingerprint density at radius 1 is 0.515 bits per heavy atom. The number of fused-ring (bicyclic) bond motifs is 1. The van der Waals surface area contributed by atoms with Crippen molar-refractivity contribution < 1.29 is 38.4 Å². The highest BCUT2D eigenvalue weighted by Crippen LogP contribution is 2.24. The van der Waals surface area contributed by atoms with Crippen LogP contribution in [0.15, 0.2) is 109 Å². The van der Waals surface area contributed by atoms with E-state index in [0.717, 1.165) is 16.3 Å². The summed E-state index contributed by atoms with van der Waals surface area (Å²) in [6.45, 7) is 19.2. The van der Waals surface area contributed by atoms with Crippen molar-refractivity contribution in [3.05, 3.63) is 132 Å². The van der Waals surface area contributed by atoms with Crippen LogP contribution < -0.4 is 37.2 Å². The minimum atomic E-state index is -1.58. The van der Waals surface area contributed by atoms with Gasteiger partial charge < -0.3 is 37.2 Å². The number of Topliss-reactive ketones (excluding diaryl/α,β-unsaturated/α-hetero) is 1. The van der Waals surface area contributed by atoms with Gasteiger partial charge in [-0.05, 0) is 104 Å². The van der Waals surface area contributed by atoms with Gasteiger partial charge in [-0.2, -0.15) is 0 Å². The van der Waals surface area contributed by atoms with Crippen molar-refractivity contribution >= 4 is 57.8 Å². The molecule has 68 heavy (non-hydrogen) atoms. The molecule has 0 saturated carbocycles. The summed E-state index contributed by atoms with van der Waals surface area (Å²) in [6.07, 6.45) is 0.000430. The van der Waals surface area contributed by atoms with E-state index < -0.39 is 81.6 Å². The molecule has 5 rings (SSSR count). The highest BCUT2D eigenvalue weighted by Gasteiger charge is 2.40. The molecule has 0 radical (unpaired) electrons. The molecule has 15 nitrogen and oxygen atoms in total. The van der Waals surface area contributed by atoms with Crippen molar-refractivity contribution in [2.45, 2.75) is 129 Å². The summed E-state index contributed by atoms with van der Waals surface area (Å²) in [5, 5.41) is 21.5. The molecule has 4 unspecified atom stereocenters. The van der Waals surface area contributed by atoms with Crippen molar-refractivity contribution in [3.8, 4) is 0 Å². The quantitative estimate of drug-likeness (QED) is 0.135. The molecule has 4 aromatic rings. The van der Waals surface area contributed by atoms with Gasteiger partial charge in [0.1, 0.15) is 28.7 Å². The first-order chi connectivity index (χ1) is 31.7. The van der Waals surface area contributed by atoms with Crippen LogP contribution in [-0.4, -0.2) is 87.3 Å². The summed E-state index contributed by atoms with van der Waals surface area (Å²) in [5.41, 5.74) is -3.37. The summed E-state index contributed by atoms with van der Waals surface area (Å²) in [7, 11) is 0. The first kappa shape index (κ1) is 51.8. The Morgan fingerprint density at radius 3 is 1.51 bits per heavy atom. The number of hydrogen-bond acceptors (Lipinski definition) is 9. The van der Waals surface area contributed by atoms with Crippen molar-refractivity contribution in [1.29, 1.82) is 0 Å². The molecule has 0 aliphatic carbocycles. The van der Waals surface area contributed by atoms with Gasteiger partial charge in [-0.3, -0.25) is 38.4 Å². The van der Waals surface area contributed by atoms with Crippen LogP contribution in [0.25, 0.3) is 10.8 Å². The molecule has 360 valence electrons. The fraction of sp³-hybridized carbons (Fsp3) is 0.396. The van der Waals surface area contributed by atoms with Crippen molar-refractivity contribution in [2.75, 3.05) is 0 Å². The van der Waals surface area contributed by atoms with E-state index in [1.54, 1.807) is 62.4 Å². The largest absolute Gasteiger partial charge is 0.375 e. The zero-order chi connectivity index (χ0) is 50.4. The van der Waals surface area contributed by atoms with Crippen LogP contribution in [0.2, 0.25) is 0 Å². The molecular weight excluding hydrogens is 863 g/mol. The number of rotatable bonds is 6. The number of benzene rings is 4. The molecule has 7 N–H and O–H groups in total. The minimum Gasteiger partial charge on any atom is -0.375 e. The van der Waals surface area contributed by atoms with Gasteiger partial charge in [-0.1, -0.05) is 104 Å². The Morgan fingerprint density at radius 2 is 0.971 bits per heavy atom. The lowest BCUT2D eigenvalue weighted by Gasteiger charge is -2.35. The van der Waals surface area contributed by atoms with Gasteiger partial charge >= 0.3 is 0 Å². The SMILES string of the molecule is C=C1NC(C)(C)C(=O)CC(Cc2ccc3ccccc3c2)C(=O)NC(C)(C)C(=O)NC(C)C(=O)NC(C)(C)C(=O)NC(C)C(=O)NC(C)(C)C(=O)NC1Cc1ccc(C(=O)c2ccccc2)cc1. The monoisotopic (exact) mass is 927 g/mol. The second-order valence-corrected chi connectivity index (χ2v) is 19.8. The van der Waals surface area contributed by atoms with E-state index in [9.17, 15) is 38.4 Å². The van der Waals surface area contributed by atoms with E-state index in [2.05, 4.69) is 43.8 Å². The summed E-state index contributed by atoms with van der Waals surface area (Å²) in [6, 6.07) is 26.0. The van der Waals surface area contributed by atoms with Crippen LogP contribution in [-0.2, 0) is 46.4 Å². The van der Waals surface area contributed by atoms with E-state index in [4.69, 9.17) is 0 Å². The Bertz CT molecular complexity index is 2600. The van der Waals surface area contributed by atoms with Crippen LogP contribution in [0.1, 0.15) is 103 Å². The number of nitrogens with one attached hydrogen (secondary N) is 7. The lowest BCUT2D eigenvalue weighted by atomic mass is 9.85.